The molecule has 0 saturated carbocycles. The fourth-order valence-electron chi connectivity index (χ4n) is 3.48. The molecule has 4 rings (SSSR count). The summed E-state index contributed by atoms with van der Waals surface area (Å²) in [5, 5.41) is 4.94. The summed E-state index contributed by atoms with van der Waals surface area (Å²) in [5.74, 6) is 0. The van der Waals surface area contributed by atoms with Crippen molar-refractivity contribution in [3.63, 3.8) is 0 Å². The fraction of sp³-hybridized carbons (Fsp3) is 0.381. The Bertz CT molecular complexity index is 1180. The molecular formula is C21H25BN2O4S. The normalized spacial score (nSPS) is 18.5. The highest BCUT2D eigenvalue weighted by Gasteiger charge is 2.52. The smallest absolute Gasteiger partial charge is 0.399 e. The van der Waals surface area contributed by atoms with Crippen LogP contribution in [0, 0.1) is 13.8 Å². The molecule has 1 aliphatic rings. The van der Waals surface area contributed by atoms with Crippen LogP contribution in [0.1, 0.15) is 38.8 Å². The molecule has 152 valence electrons. The van der Waals surface area contributed by atoms with Gasteiger partial charge in [0.25, 0.3) is 10.0 Å². The molecule has 2 heterocycles. The molecule has 1 aliphatic heterocycles. The van der Waals surface area contributed by atoms with E-state index in [1.165, 1.54) is 0 Å². The summed E-state index contributed by atoms with van der Waals surface area (Å²) in [4.78, 5) is 0.200. The Hall–Kier alpha value is -2.16. The fourth-order valence-corrected chi connectivity index (χ4v) is 4.75. The van der Waals surface area contributed by atoms with Crippen molar-refractivity contribution in [1.29, 1.82) is 0 Å². The third kappa shape index (κ3) is 3.10. The summed E-state index contributed by atoms with van der Waals surface area (Å²) < 4.78 is 39.9. The van der Waals surface area contributed by atoms with Crippen LogP contribution >= 0.6 is 0 Å². The molecule has 0 spiro atoms. The largest absolute Gasteiger partial charge is 0.495 e. The van der Waals surface area contributed by atoms with Crippen molar-refractivity contribution in [2.75, 3.05) is 0 Å². The third-order valence-corrected chi connectivity index (χ3v) is 7.63. The van der Waals surface area contributed by atoms with Gasteiger partial charge in [0.15, 0.2) is 0 Å². The maximum absolute atomic E-state index is 13.2. The van der Waals surface area contributed by atoms with E-state index in [0.717, 1.165) is 20.7 Å². The Balaban J connectivity index is 1.86. The minimum atomic E-state index is -3.81. The van der Waals surface area contributed by atoms with Gasteiger partial charge in [-0.05, 0) is 65.2 Å². The van der Waals surface area contributed by atoms with Crippen molar-refractivity contribution in [3.8, 4) is 0 Å². The molecule has 0 amide bonds. The molecule has 29 heavy (non-hydrogen) atoms. The first-order valence-electron chi connectivity index (χ1n) is 9.59. The molecule has 1 aromatic heterocycles. The van der Waals surface area contributed by atoms with Crippen molar-refractivity contribution < 1.29 is 17.7 Å². The van der Waals surface area contributed by atoms with Crippen molar-refractivity contribution in [2.45, 2.75) is 57.6 Å². The number of hydrogen-bond acceptors (Lipinski definition) is 5. The highest BCUT2D eigenvalue weighted by atomic mass is 32.2. The highest BCUT2D eigenvalue weighted by Crippen LogP contribution is 2.37. The molecule has 2 aromatic carbocycles. The molecule has 0 bridgehead atoms. The maximum Gasteiger partial charge on any atom is 0.495 e. The van der Waals surface area contributed by atoms with E-state index in [1.54, 1.807) is 36.5 Å². The number of fused-ring (bicyclic) bond motifs is 1. The Kier molecular flexibility index (Phi) is 4.46. The summed E-state index contributed by atoms with van der Waals surface area (Å²) in [6, 6.07) is 10.4. The van der Waals surface area contributed by atoms with Crippen LogP contribution in [-0.4, -0.2) is 35.9 Å². The topological polar surface area (TPSA) is 70.4 Å². The van der Waals surface area contributed by atoms with Crippen LogP contribution < -0.4 is 5.46 Å². The minimum absolute atomic E-state index is 0.200. The van der Waals surface area contributed by atoms with Gasteiger partial charge in [0, 0.05) is 5.39 Å². The molecule has 1 saturated heterocycles. The zero-order valence-electron chi connectivity index (χ0n) is 17.6. The van der Waals surface area contributed by atoms with Gasteiger partial charge in [0.2, 0.25) is 0 Å². The number of aryl methyl sites for hydroxylation is 2. The molecular weight excluding hydrogens is 387 g/mol. The number of benzene rings is 2. The molecule has 1 fully saturated rings. The predicted molar refractivity (Wildman–Crippen MR) is 114 cm³/mol. The molecule has 3 aromatic rings. The van der Waals surface area contributed by atoms with E-state index < -0.39 is 28.3 Å². The van der Waals surface area contributed by atoms with E-state index in [1.807, 2.05) is 47.6 Å². The van der Waals surface area contributed by atoms with E-state index in [2.05, 4.69) is 5.10 Å². The van der Waals surface area contributed by atoms with Crippen LogP contribution in [-0.2, 0) is 19.3 Å². The molecule has 6 nitrogen and oxygen atoms in total. The molecule has 0 aliphatic carbocycles. The van der Waals surface area contributed by atoms with Crippen molar-refractivity contribution >= 4 is 33.5 Å². The van der Waals surface area contributed by atoms with Gasteiger partial charge < -0.3 is 9.31 Å². The SMILES string of the molecule is Cc1ccc(S(=O)(=O)n2ncc3c(B4OC(C)(C)C(C)(C)O4)c(C)ccc32)cc1. The van der Waals surface area contributed by atoms with Crippen LogP contribution in [0.2, 0.25) is 0 Å². The van der Waals surface area contributed by atoms with Gasteiger partial charge in [0.05, 0.1) is 27.8 Å². The van der Waals surface area contributed by atoms with Crippen LogP contribution in [0.4, 0.5) is 0 Å². The molecule has 8 heteroatoms. The van der Waals surface area contributed by atoms with E-state index in [9.17, 15) is 8.42 Å². The molecule has 0 radical (unpaired) electrons. The zero-order valence-corrected chi connectivity index (χ0v) is 18.4. The lowest BCUT2D eigenvalue weighted by molar-refractivity contribution is 0.00578. The summed E-state index contributed by atoms with van der Waals surface area (Å²) in [7, 11) is -4.41. The quantitative estimate of drug-likeness (QED) is 0.618. The number of aromatic nitrogens is 2. The number of nitrogens with zero attached hydrogens (tertiary/aromatic N) is 2. The van der Waals surface area contributed by atoms with Gasteiger partial charge in [-0.1, -0.05) is 29.3 Å². The third-order valence-electron chi connectivity index (χ3n) is 6.02. The number of rotatable bonds is 3. The Morgan fingerprint density at radius 1 is 0.931 bits per heavy atom. The average Bonchev–Trinajstić information content (AvgIpc) is 3.13. The summed E-state index contributed by atoms with van der Waals surface area (Å²) in [5.41, 5.74) is 2.29. The maximum atomic E-state index is 13.2. The lowest BCUT2D eigenvalue weighted by Gasteiger charge is -2.32. The van der Waals surface area contributed by atoms with Crippen LogP contribution in [0.15, 0.2) is 47.5 Å². The molecule has 0 N–H and O–H groups in total. The monoisotopic (exact) mass is 412 g/mol. The van der Waals surface area contributed by atoms with Gasteiger partial charge in [0.1, 0.15) is 0 Å². The minimum Gasteiger partial charge on any atom is -0.399 e. The summed E-state index contributed by atoms with van der Waals surface area (Å²) in [6.07, 6.45) is 1.58. The van der Waals surface area contributed by atoms with Crippen molar-refractivity contribution in [3.05, 3.63) is 53.7 Å². The second-order valence-electron chi connectivity index (χ2n) is 8.62. The first-order chi connectivity index (χ1) is 13.4. The first kappa shape index (κ1) is 20.1. The van der Waals surface area contributed by atoms with E-state index in [-0.39, 0.29) is 4.90 Å². The lowest BCUT2D eigenvalue weighted by Crippen LogP contribution is -2.41. The zero-order chi connectivity index (χ0) is 21.2. The average molecular weight is 412 g/mol. The predicted octanol–water partition coefficient (Wildman–Crippen LogP) is 3.19. The Labute approximate surface area is 172 Å². The summed E-state index contributed by atoms with van der Waals surface area (Å²) in [6.45, 7) is 11.9. The van der Waals surface area contributed by atoms with Crippen LogP contribution in [0.25, 0.3) is 10.9 Å². The Morgan fingerprint density at radius 2 is 1.52 bits per heavy atom. The second-order valence-corrected chi connectivity index (χ2v) is 10.4. The van der Waals surface area contributed by atoms with E-state index in [4.69, 9.17) is 9.31 Å². The molecule has 0 unspecified atom stereocenters. The second kappa shape index (κ2) is 6.42. The van der Waals surface area contributed by atoms with Gasteiger partial charge in [-0.3, -0.25) is 0 Å². The van der Waals surface area contributed by atoms with Crippen molar-refractivity contribution in [2.24, 2.45) is 0 Å². The van der Waals surface area contributed by atoms with Crippen LogP contribution in [0.3, 0.4) is 0 Å². The van der Waals surface area contributed by atoms with Gasteiger partial charge in [-0.25, -0.2) is 0 Å². The van der Waals surface area contributed by atoms with Crippen LogP contribution in [0.5, 0.6) is 0 Å². The summed E-state index contributed by atoms with van der Waals surface area (Å²) >= 11 is 0. The van der Waals surface area contributed by atoms with Gasteiger partial charge >= 0.3 is 7.12 Å². The standard InChI is InChI=1S/C21H25BN2O4S/c1-14-7-10-16(11-8-14)29(25,26)24-18-12-9-15(2)19(17(18)13-23-24)22-27-20(3,4)21(5,6)28-22/h7-13H,1-6H3. The highest BCUT2D eigenvalue weighted by molar-refractivity contribution is 7.90. The van der Waals surface area contributed by atoms with Gasteiger partial charge in [-0.2, -0.15) is 17.6 Å². The lowest BCUT2D eigenvalue weighted by atomic mass is 9.74. The van der Waals surface area contributed by atoms with E-state index in [0.29, 0.717) is 10.9 Å². The first-order valence-corrected chi connectivity index (χ1v) is 11.0. The van der Waals surface area contributed by atoms with Gasteiger partial charge in [-0.15, -0.1) is 0 Å². The Morgan fingerprint density at radius 3 is 2.10 bits per heavy atom. The molecule has 0 atom stereocenters. The van der Waals surface area contributed by atoms with Crippen molar-refractivity contribution in [1.82, 2.24) is 9.19 Å². The number of hydrogen-bond donors (Lipinski definition) is 0. The van der Waals surface area contributed by atoms with E-state index >= 15 is 0 Å².